The van der Waals surface area contributed by atoms with Crippen LogP contribution in [0.15, 0.2) is 40.9 Å². The van der Waals surface area contributed by atoms with Crippen molar-refractivity contribution in [3.8, 4) is 11.8 Å². The molecule has 3 N–H and O–H groups in total. The molecule has 0 aliphatic rings. The van der Waals surface area contributed by atoms with Crippen LogP contribution in [-0.4, -0.2) is 29.5 Å². The van der Waals surface area contributed by atoms with E-state index in [0.717, 1.165) is 10.0 Å². The second-order valence-corrected chi connectivity index (χ2v) is 8.76. The van der Waals surface area contributed by atoms with Gasteiger partial charge in [0.2, 0.25) is 5.91 Å². The first kappa shape index (κ1) is 21.9. The van der Waals surface area contributed by atoms with Gasteiger partial charge >= 0.3 is 0 Å². The van der Waals surface area contributed by atoms with Crippen LogP contribution in [0.2, 0.25) is 0 Å². The highest BCUT2D eigenvalue weighted by atomic mass is 127. The molecule has 0 radical (unpaired) electrons. The van der Waals surface area contributed by atoms with Crippen LogP contribution in [0.3, 0.4) is 0 Å². The lowest BCUT2D eigenvalue weighted by Crippen LogP contribution is -2.48. The molecule has 1 atom stereocenters. The van der Waals surface area contributed by atoms with Crippen LogP contribution in [0.1, 0.15) is 15.9 Å². The van der Waals surface area contributed by atoms with Crippen molar-refractivity contribution in [2.24, 2.45) is 0 Å². The molecule has 0 bridgehead atoms. The zero-order valence-corrected chi connectivity index (χ0v) is 19.7. The van der Waals surface area contributed by atoms with Crippen LogP contribution in [0, 0.1) is 18.5 Å². The van der Waals surface area contributed by atoms with Crippen molar-refractivity contribution in [3.63, 3.8) is 0 Å². The zero-order valence-electron chi connectivity index (χ0n) is 13.8. The first-order chi connectivity index (χ1) is 12.8. The third-order valence-corrected chi connectivity index (χ3v) is 5.76. The maximum Gasteiger partial charge on any atom is 0.251 e. The van der Waals surface area contributed by atoms with Gasteiger partial charge in [0.25, 0.3) is 5.91 Å². The van der Waals surface area contributed by atoms with Crippen LogP contribution in [0.25, 0.3) is 0 Å². The van der Waals surface area contributed by atoms with E-state index in [-0.39, 0.29) is 24.6 Å². The maximum atomic E-state index is 12.5. The van der Waals surface area contributed by atoms with Gasteiger partial charge in [-0.05, 0) is 87.1 Å². The number of hydrogen-bond donors (Lipinski definition) is 3. The molecule has 0 aromatic heterocycles. The molecule has 0 aliphatic heterocycles. The summed E-state index contributed by atoms with van der Waals surface area (Å²) in [7, 11) is 0. The molecule has 0 aliphatic carbocycles. The number of nitrogens with one attached hydrogen (secondary N) is 2. The SMILES string of the molecule is N#CCNC(=O)C(Cc1cc(I)c(O)c(I)c1)NC(=O)c1ccc(Br)cc1. The molecule has 0 heterocycles. The molecule has 6 nitrogen and oxygen atoms in total. The molecular weight excluding hydrogens is 640 g/mol. The summed E-state index contributed by atoms with van der Waals surface area (Å²) in [5, 5.41) is 23.8. The van der Waals surface area contributed by atoms with Crippen molar-refractivity contribution >= 4 is 72.9 Å². The number of rotatable bonds is 6. The predicted molar refractivity (Wildman–Crippen MR) is 121 cm³/mol. The van der Waals surface area contributed by atoms with Gasteiger partial charge in [0.1, 0.15) is 18.3 Å². The molecular formula is C18H14BrI2N3O3. The van der Waals surface area contributed by atoms with Crippen LogP contribution in [-0.2, 0) is 11.2 Å². The third kappa shape index (κ3) is 6.32. The lowest BCUT2D eigenvalue weighted by atomic mass is 10.0. The summed E-state index contributed by atoms with van der Waals surface area (Å²) in [4.78, 5) is 24.9. The van der Waals surface area contributed by atoms with Crippen molar-refractivity contribution < 1.29 is 14.7 Å². The Labute approximate surface area is 192 Å². The van der Waals surface area contributed by atoms with Crippen molar-refractivity contribution in [2.75, 3.05) is 6.54 Å². The lowest BCUT2D eigenvalue weighted by molar-refractivity contribution is -0.122. The summed E-state index contributed by atoms with van der Waals surface area (Å²) in [6.45, 7) is -0.145. The van der Waals surface area contributed by atoms with Crippen LogP contribution in [0.5, 0.6) is 5.75 Å². The van der Waals surface area contributed by atoms with Gasteiger partial charge in [-0.3, -0.25) is 9.59 Å². The standard InChI is InChI=1S/C18H14BrI2N3O3/c19-12-3-1-11(2-4-12)17(26)24-15(18(27)23-6-5-22)9-10-7-13(20)16(25)14(21)8-10/h1-4,7-8,15,25H,6,9H2,(H,23,27)(H,24,26). The monoisotopic (exact) mass is 653 g/mol. The fourth-order valence-electron chi connectivity index (χ4n) is 2.27. The highest BCUT2D eigenvalue weighted by Gasteiger charge is 2.22. The normalized spacial score (nSPS) is 11.3. The summed E-state index contributed by atoms with van der Waals surface area (Å²) in [6.07, 6.45) is 0.228. The average molecular weight is 654 g/mol. The molecule has 2 aromatic carbocycles. The summed E-state index contributed by atoms with van der Waals surface area (Å²) >= 11 is 7.33. The van der Waals surface area contributed by atoms with Gasteiger partial charge in [0.15, 0.2) is 0 Å². The van der Waals surface area contributed by atoms with E-state index in [1.165, 1.54) is 0 Å². The van der Waals surface area contributed by atoms with Crippen molar-refractivity contribution in [1.82, 2.24) is 10.6 Å². The summed E-state index contributed by atoms with van der Waals surface area (Å²) in [5.41, 5.74) is 1.21. The second-order valence-electron chi connectivity index (χ2n) is 5.52. The first-order valence-electron chi connectivity index (χ1n) is 7.69. The van der Waals surface area contributed by atoms with Crippen molar-refractivity contribution in [3.05, 3.63) is 59.1 Å². The molecule has 9 heteroatoms. The Kier molecular flexibility index (Phi) is 8.30. The smallest absolute Gasteiger partial charge is 0.251 e. The Morgan fingerprint density at radius 2 is 1.78 bits per heavy atom. The number of halogens is 3. The lowest BCUT2D eigenvalue weighted by Gasteiger charge is -2.18. The topological polar surface area (TPSA) is 102 Å². The Hall–Kier alpha value is -1.39. The minimum absolute atomic E-state index is 0.145. The van der Waals surface area contributed by atoms with Gasteiger partial charge in [-0.1, -0.05) is 15.9 Å². The third-order valence-electron chi connectivity index (χ3n) is 3.59. The Morgan fingerprint density at radius 1 is 1.19 bits per heavy atom. The van der Waals surface area contributed by atoms with E-state index in [2.05, 4.69) is 26.6 Å². The molecule has 0 spiro atoms. The maximum absolute atomic E-state index is 12.5. The minimum Gasteiger partial charge on any atom is -0.506 e. The van der Waals surface area contributed by atoms with Crippen LogP contribution in [0.4, 0.5) is 0 Å². The zero-order chi connectivity index (χ0) is 20.0. The van der Waals surface area contributed by atoms with Gasteiger partial charge in [-0.2, -0.15) is 5.26 Å². The number of nitrogens with zero attached hydrogens (tertiary/aromatic N) is 1. The summed E-state index contributed by atoms with van der Waals surface area (Å²) in [5.74, 6) is -0.646. The Balaban J connectivity index is 2.23. The van der Waals surface area contributed by atoms with Gasteiger partial charge in [-0.25, -0.2) is 0 Å². The summed E-state index contributed by atoms with van der Waals surface area (Å²) in [6, 6.07) is 11.3. The number of carbonyl (C=O) groups excluding carboxylic acids is 2. The average Bonchev–Trinajstić information content (AvgIpc) is 2.64. The number of carbonyl (C=O) groups is 2. The quantitative estimate of drug-likeness (QED) is 0.329. The molecule has 0 saturated carbocycles. The number of phenols is 1. The number of hydrogen-bond acceptors (Lipinski definition) is 4. The van der Waals surface area contributed by atoms with Crippen molar-refractivity contribution in [1.29, 1.82) is 5.26 Å². The number of amides is 2. The number of phenolic OH excluding ortho intramolecular Hbond substituents is 1. The first-order valence-corrected chi connectivity index (χ1v) is 10.6. The van der Waals surface area contributed by atoms with Gasteiger partial charge in [0, 0.05) is 16.5 Å². The van der Waals surface area contributed by atoms with E-state index >= 15 is 0 Å². The molecule has 0 saturated heterocycles. The number of nitriles is 1. The molecule has 140 valence electrons. The van der Waals surface area contributed by atoms with Crippen molar-refractivity contribution in [2.45, 2.75) is 12.5 Å². The van der Waals surface area contributed by atoms with E-state index in [1.807, 2.05) is 51.3 Å². The van der Waals surface area contributed by atoms with E-state index in [1.54, 1.807) is 36.4 Å². The highest BCUT2D eigenvalue weighted by Crippen LogP contribution is 2.27. The van der Waals surface area contributed by atoms with Gasteiger partial charge < -0.3 is 15.7 Å². The predicted octanol–water partition coefficient (Wildman–Crippen LogP) is 3.34. The van der Waals surface area contributed by atoms with Crippen LogP contribution >= 0.6 is 61.1 Å². The molecule has 0 fully saturated rings. The molecule has 2 rings (SSSR count). The van der Waals surface area contributed by atoms with Gasteiger partial charge in [0.05, 0.1) is 13.2 Å². The minimum atomic E-state index is -0.856. The fraction of sp³-hybridized carbons (Fsp3) is 0.167. The summed E-state index contributed by atoms with van der Waals surface area (Å²) < 4.78 is 2.16. The van der Waals surface area contributed by atoms with E-state index in [0.29, 0.717) is 12.7 Å². The highest BCUT2D eigenvalue weighted by molar-refractivity contribution is 14.1. The van der Waals surface area contributed by atoms with E-state index in [9.17, 15) is 14.7 Å². The second kappa shape index (κ2) is 10.2. The van der Waals surface area contributed by atoms with Gasteiger partial charge in [-0.15, -0.1) is 0 Å². The Morgan fingerprint density at radius 3 is 2.33 bits per heavy atom. The van der Waals surface area contributed by atoms with Crippen LogP contribution < -0.4 is 10.6 Å². The number of aromatic hydroxyl groups is 1. The number of benzene rings is 2. The molecule has 1 unspecified atom stereocenters. The molecule has 2 aromatic rings. The Bertz CT molecular complexity index is 875. The van der Waals surface area contributed by atoms with E-state index < -0.39 is 11.9 Å². The largest absolute Gasteiger partial charge is 0.506 e. The van der Waals surface area contributed by atoms with E-state index in [4.69, 9.17) is 5.26 Å². The molecule has 2 amide bonds. The molecule has 27 heavy (non-hydrogen) atoms. The fourth-order valence-corrected chi connectivity index (χ4v) is 4.43.